The van der Waals surface area contributed by atoms with Gasteiger partial charge < -0.3 is 10.6 Å². The van der Waals surface area contributed by atoms with Crippen molar-refractivity contribution in [2.24, 2.45) is 0 Å². The van der Waals surface area contributed by atoms with Crippen molar-refractivity contribution in [3.63, 3.8) is 0 Å². The van der Waals surface area contributed by atoms with E-state index in [2.05, 4.69) is 16.0 Å². The Balaban J connectivity index is 2.15. The molecule has 1 heterocycles. The molecule has 1 aromatic rings. The van der Waals surface area contributed by atoms with Gasteiger partial charge in [0.25, 0.3) is 0 Å². The van der Waals surface area contributed by atoms with Crippen LogP contribution in [0.15, 0.2) is 16.8 Å². The van der Waals surface area contributed by atoms with Crippen molar-refractivity contribution < 1.29 is 4.79 Å². The van der Waals surface area contributed by atoms with E-state index in [1.165, 1.54) is 5.56 Å². The molecule has 66 valence electrons. The van der Waals surface area contributed by atoms with Crippen LogP contribution in [0.4, 0.5) is 0 Å². The first-order valence-electron chi connectivity index (χ1n) is 3.75. The molecule has 0 bridgehead atoms. The SMILES string of the molecule is CNC(=O)CNCc1ccsc1. The highest BCUT2D eigenvalue weighted by molar-refractivity contribution is 7.07. The second-order valence-corrected chi connectivity index (χ2v) is 3.19. The predicted octanol–water partition coefficient (Wildman–Crippen LogP) is 0.584. The molecule has 1 amide bonds. The zero-order valence-corrected chi connectivity index (χ0v) is 7.78. The summed E-state index contributed by atoms with van der Waals surface area (Å²) in [5, 5.41) is 9.67. The summed E-state index contributed by atoms with van der Waals surface area (Å²) in [6, 6.07) is 2.04. The Morgan fingerprint density at radius 3 is 3.08 bits per heavy atom. The highest BCUT2D eigenvalue weighted by atomic mass is 32.1. The van der Waals surface area contributed by atoms with Gasteiger partial charge in [0, 0.05) is 13.6 Å². The lowest BCUT2D eigenvalue weighted by Crippen LogP contribution is -2.30. The number of amides is 1. The molecule has 0 aromatic carbocycles. The minimum absolute atomic E-state index is 0.0187. The minimum atomic E-state index is 0.0187. The van der Waals surface area contributed by atoms with Crippen molar-refractivity contribution in [3.05, 3.63) is 22.4 Å². The fourth-order valence-corrected chi connectivity index (χ4v) is 1.47. The van der Waals surface area contributed by atoms with Gasteiger partial charge >= 0.3 is 0 Å². The molecule has 1 aromatic heterocycles. The topological polar surface area (TPSA) is 41.1 Å². The van der Waals surface area contributed by atoms with Crippen LogP contribution in [0.5, 0.6) is 0 Å². The molecule has 0 aliphatic rings. The summed E-state index contributed by atoms with van der Waals surface area (Å²) in [6.07, 6.45) is 0. The molecule has 0 aliphatic heterocycles. The van der Waals surface area contributed by atoms with E-state index >= 15 is 0 Å². The van der Waals surface area contributed by atoms with Crippen molar-refractivity contribution in [2.75, 3.05) is 13.6 Å². The molecule has 0 saturated carbocycles. The van der Waals surface area contributed by atoms with Crippen LogP contribution in [0.3, 0.4) is 0 Å². The maximum atomic E-state index is 10.8. The maximum Gasteiger partial charge on any atom is 0.233 e. The third kappa shape index (κ3) is 3.02. The number of thiophene rings is 1. The molecular weight excluding hydrogens is 172 g/mol. The zero-order chi connectivity index (χ0) is 8.81. The first-order valence-corrected chi connectivity index (χ1v) is 4.69. The van der Waals surface area contributed by atoms with E-state index in [0.717, 1.165) is 6.54 Å². The average molecular weight is 184 g/mol. The summed E-state index contributed by atoms with van der Waals surface area (Å²) in [5.74, 6) is 0.0187. The number of rotatable bonds is 4. The van der Waals surface area contributed by atoms with Gasteiger partial charge in [0.15, 0.2) is 0 Å². The van der Waals surface area contributed by atoms with Gasteiger partial charge in [0.05, 0.1) is 6.54 Å². The van der Waals surface area contributed by atoms with Crippen LogP contribution in [-0.2, 0) is 11.3 Å². The molecule has 0 aliphatic carbocycles. The highest BCUT2D eigenvalue weighted by Gasteiger charge is 1.96. The van der Waals surface area contributed by atoms with Crippen molar-refractivity contribution in [3.8, 4) is 0 Å². The Bertz CT molecular complexity index is 233. The van der Waals surface area contributed by atoms with Gasteiger partial charge in [-0.25, -0.2) is 0 Å². The smallest absolute Gasteiger partial charge is 0.233 e. The highest BCUT2D eigenvalue weighted by Crippen LogP contribution is 2.04. The van der Waals surface area contributed by atoms with Gasteiger partial charge in [0.1, 0.15) is 0 Å². The maximum absolute atomic E-state index is 10.8. The van der Waals surface area contributed by atoms with E-state index in [4.69, 9.17) is 0 Å². The lowest BCUT2D eigenvalue weighted by atomic mass is 10.3. The van der Waals surface area contributed by atoms with E-state index in [1.807, 2.05) is 11.4 Å². The first kappa shape index (κ1) is 9.22. The summed E-state index contributed by atoms with van der Waals surface area (Å²) in [6.45, 7) is 1.14. The Labute approximate surface area is 75.8 Å². The second-order valence-electron chi connectivity index (χ2n) is 2.41. The molecule has 3 nitrogen and oxygen atoms in total. The van der Waals surface area contributed by atoms with E-state index < -0.39 is 0 Å². The van der Waals surface area contributed by atoms with Crippen molar-refractivity contribution in [1.82, 2.24) is 10.6 Å². The van der Waals surface area contributed by atoms with Gasteiger partial charge in [-0.1, -0.05) is 0 Å². The number of hydrogen-bond acceptors (Lipinski definition) is 3. The Hall–Kier alpha value is -0.870. The Morgan fingerprint density at radius 1 is 1.67 bits per heavy atom. The number of carbonyl (C=O) groups excluding carboxylic acids is 1. The normalized spacial score (nSPS) is 9.75. The van der Waals surface area contributed by atoms with Crippen LogP contribution in [0.25, 0.3) is 0 Å². The largest absolute Gasteiger partial charge is 0.358 e. The van der Waals surface area contributed by atoms with Crippen LogP contribution in [0, 0.1) is 0 Å². The summed E-state index contributed by atoms with van der Waals surface area (Å²) in [4.78, 5) is 10.8. The molecule has 0 radical (unpaired) electrons. The number of carbonyl (C=O) groups is 1. The second kappa shape index (κ2) is 4.90. The molecule has 0 unspecified atom stereocenters. The van der Waals surface area contributed by atoms with E-state index in [0.29, 0.717) is 6.54 Å². The Morgan fingerprint density at radius 2 is 2.50 bits per heavy atom. The molecule has 0 atom stereocenters. The van der Waals surface area contributed by atoms with Gasteiger partial charge in [-0.15, -0.1) is 0 Å². The molecule has 12 heavy (non-hydrogen) atoms. The van der Waals surface area contributed by atoms with Gasteiger partial charge in [0.2, 0.25) is 5.91 Å². The van der Waals surface area contributed by atoms with Crippen LogP contribution >= 0.6 is 11.3 Å². The van der Waals surface area contributed by atoms with Gasteiger partial charge in [-0.3, -0.25) is 4.79 Å². The van der Waals surface area contributed by atoms with Crippen LogP contribution in [-0.4, -0.2) is 19.5 Å². The van der Waals surface area contributed by atoms with E-state index in [-0.39, 0.29) is 5.91 Å². The standard InChI is InChI=1S/C8H12N2OS/c1-9-8(11)5-10-4-7-2-3-12-6-7/h2-3,6,10H,4-5H2,1H3,(H,9,11). The molecule has 1 rings (SSSR count). The average Bonchev–Trinajstić information content (AvgIpc) is 2.57. The minimum Gasteiger partial charge on any atom is -0.358 e. The number of hydrogen-bond donors (Lipinski definition) is 2. The lowest BCUT2D eigenvalue weighted by molar-refractivity contribution is -0.119. The summed E-state index contributed by atoms with van der Waals surface area (Å²) in [5.41, 5.74) is 1.23. The molecular formula is C8H12N2OS. The summed E-state index contributed by atoms with van der Waals surface area (Å²) < 4.78 is 0. The van der Waals surface area contributed by atoms with Crippen molar-refractivity contribution in [2.45, 2.75) is 6.54 Å². The quantitative estimate of drug-likeness (QED) is 0.719. The summed E-state index contributed by atoms with van der Waals surface area (Å²) in [7, 11) is 1.63. The van der Waals surface area contributed by atoms with E-state index in [9.17, 15) is 4.79 Å². The molecule has 4 heteroatoms. The first-order chi connectivity index (χ1) is 5.83. The van der Waals surface area contributed by atoms with Crippen molar-refractivity contribution in [1.29, 1.82) is 0 Å². The molecule has 2 N–H and O–H groups in total. The van der Waals surface area contributed by atoms with Crippen molar-refractivity contribution >= 4 is 17.2 Å². The fourth-order valence-electron chi connectivity index (χ4n) is 0.802. The van der Waals surface area contributed by atoms with E-state index in [1.54, 1.807) is 18.4 Å². The van der Waals surface area contributed by atoms with Crippen LogP contribution < -0.4 is 10.6 Å². The molecule has 0 fully saturated rings. The third-order valence-corrected chi connectivity index (χ3v) is 2.21. The third-order valence-electron chi connectivity index (χ3n) is 1.47. The molecule has 0 spiro atoms. The molecule has 0 saturated heterocycles. The number of likely N-dealkylation sites (N-methyl/N-ethyl adjacent to an activating group) is 1. The fraction of sp³-hybridized carbons (Fsp3) is 0.375. The van der Waals surface area contributed by atoms with Crippen LogP contribution in [0.2, 0.25) is 0 Å². The Kier molecular flexibility index (Phi) is 3.76. The van der Waals surface area contributed by atoms with Gasteiger partial charge in [-0.2, -0.15) is 11.3 Å². The van der Waals surface area contributed by atoms with Crippen LogP contribution in [0.1, 0.15) is 5.56 Å². The predicted molar refractivity (Wildman–Crippen MR) is 50.1 cm³/mol. The zero-order valence-electron chi connectivity index (χ0n) is 6.96. The monoisotopic (exact) mass is 184 g/mol. The lowest BCUT2D eigenvalue weighted by Gasteiger charge is -2.00. The number of nitrogens with one attached hydrogen (secondary N) is 2. The summed E-state index contributed by atoms with van der Waals surface area (Å²) >= 11 is 1.66. The van der Waals surface area contributed by atoms with Gasteiger partial charge in [-0.05, 0) is 22.4 Å².